The van der Waals surface area contributed by atoms with Crippen LogP contribution in [0, 0.1) is 6.33 Å². The van der Waals surface area contributed by atoms with Gasteiger partial charge in [-0.3, -0.25) is 0 Å². The van der Waals surface area contributed by atoms with Crippen molar-refractivity contribution in [2.45, 2.75) is 19.4 Å². The van der Waals surface area contributed by atoms with Crippen LogP contribution in [-0.4, -0.2) is 26.1 Å². The van der Waals surface area contributed by atoms with Gasteiger partial charge in [0.05, 0.1) is 0 Å². The summed E-state index contributed by atoms with van der Waals surface area (Å²) >= 11 is 5.47. The van der Waals surface area contributed by atoms with Crippen molar-refractivity contribution in [1.29, 1.82) is 0 Å². The molecule has 1 aromatic heterocycles. The Morgan fingerprint density at radius 1 is 1.40 bits per heavy atom. The van der Waals surface area contributed by atoms with Crippen molar-refractivity contribution >= 4 is 11.6 Å². The van der Waals surface area contributed by atoms with Gasteiger partial charge in [0.25, 0.3) is 0 Å². The van der Waals surface area contributed by atoms with Crippen LogP contribution >= 0.6 is 11.6 Å². The summed E-state index contributed by atoms with van der Waals surface area (Å²) in [5.74, 6) is 0.697. The maximum Gasteiger partial charge on any atom is 0.221 e. The molecule has 0 aliphatic heterocycles. The minimum absolute atomic E-state index is 0.697. The molecule has 0 aromatic carbocycles. The highest BCUT2D eigenvalue weighted by Gasteiger charge is 1.91. The van der Waals surface area contributed by atoms with Crippen molar-refractivity contribution in [2.75, 3.05) is 5.88 Å². The molecule has 0 spiro atoms. The number of aryl methyl sites for hydroxylation is 1. The van der Waals surface area contributed by atoms with E-state index in [-0.39, 0.29) is 0 Å². The van der Waals surface area contributed by atoms with E-state index < -0.39 is 0 Å². The van der Waals surface area contributed by atoms with Crippen LogP contribution in [0.3, 0.4) is 0 Å². The number of tetrazole rings is 1. The van der Waals surface area contributed by atoms with E-state index in [1.165, 1.54) is 0 Å². The van der Waals surface area contributed by atoms with Gasteiger partial charge < -0.3 is 0 Å². The summed E-state index contributed by atoms with van der Waals surface area (Å²) in [6, 6.07) is 0. The van der Waals surface area contributed by atoms with Gasteiger partial charge in [-0.15, -0.1) is 16.7 Å². The van der Waals surface area contributed by atoms with Gasteiger partial charge in [-0.25, -0.2) is 4.68 Å². The second-order valence-corrected chi connectivity index (χ2v) is 2.28. The number of halogens is 1. The van der Waals surface area contributed by atoms with Gasteiger partial charge in [0, 0.05) is 12.4 Å². The monoisotopic (exact) mass is 159 g/mol. The molecule has 4 nitrogen and oxygen atoms in total. The molecule has 0 saturated heterocycles. The van der Waals surface area contributed by atoms with Gasteiger partial charge in [-0.1, -0.05) is 0 Å². The van der Waals surface area contributed by atoms with Crippen LogP contribution in [-0.2, 0) is 6.54 Å². The average Bonchev–Trinajstić information content (AvgIpc) is 2.41. The normalized spacial score (nSPS) is 10.1. The second kappa shape index (κ2) is 4.22. The molecule has 0 amide bonds. The Bertz CT molecular complexity index is 162. The van der Waals surface area contributed by atoms with E-state index in [1.54, 1.807) is 4.68 Å². The first-order valence-corrected chi connectivity index (χ1v) is 3.67. The van der Waals surface area contributed by atoms with E-state index in [4.69, 9.17) is 11.6 Å². The fraction of sp³-hybridized carbons (Fsp3) is 0.800. The highest BCUT2D eigenvalue weighted by Crippen LogP contribution is 1.93. The topological polar surface area (TPSA) is 43.6 Å². The number of rotatable bonds is 4. The van der Waals surface area contributed by atoms with E-state index in [2.05, 4.69) is 21.9 Å². The lowest BCUT2D eigenvalue weighted by atomic mass is 10.3. The van der Waals surface area contributed by atoms with Crippen LogP contribution in [0.2, 0.25) is 0 Å². The SMILES string of the molecule is ClCCCCn1[c]nnn1. The van der Waals surface area contributed by atoms with E-state index >= 15 is 0 Å². The fourth-order valence-corrected chi connectivity index (χ4v) is 0.800. The van der Waals surface area contributed by atoms with Crippen LogP contribution in [0.15, 0.2) is 0 Å². The zero-order valence-corrected chi connectivity index (χ0v) is 6.25. The Morgan fingerprint density at radius 3 is 2.90 bits per heavy atom. The molecule has 1 heterocycles. The molecule has 1 aromatic rings. The average molecular weight is 160 g/mol. The highest BCUT2D eigenvalue weighted by atomic mass is 35.5. The summed E-state index contributed by atoms with van der Waals surface area (Å²) in [7, 11) is 0. The van der Waals surface area contributed by atoms with Crippen LogP contribution < -0.4 is 0 Å². The van der Waals surface area contributed by atoms with Crippen molar-refractivity contribution in [3.63, 3.8) is 0 Å². The van der Waals surface area contributed by atoms with Crippen LogP contribution in [0.1, 0.15) is 12.8 Å². The maximum absolute atomic E-state index is 5.47. The van der Waals surface area contributed by atoms with E-state index in [1.807, 2.05) is 0 Å². The largest absolute Gasteiger partial charge is 0.223 e. The highest BCUT2D eigenvalue weighted by molar-refractivity contribution is 6.17. The summed E-state index contributed by atoms with van der Waals surface area (Å²) in [5.41, 5.74) is 0. The summed E-state index contributed by atoms with van der Waals surface area (Å²) in [6.45, 7) is 0.805. The second-order valence-electron chi connectivity index (χ2n) is 1.90. The number of hydrogen-bond acceptors (Lipinski definition) is 3. The maximum atomic E-state index is 5.47. The third kappa shape index (κ3) is 2.31. The molecule has 55 valence electrons. The van der Waals surface area contributed by atoms with E-state index in [9.17, 15) is 0 Å². The lowest BCUT2D eigenvalue weighted by molar-refractivity contribution is 0.551. The standard InChI is InChI=1S/C5H8ClN4/c6-3-1-2-4-10-5-7-8-9-10/h1-4H2. The van der Waals surface area contributed by atoms with Gasteiger partial charge in [0.2, 0.25) is 6.33 Å². The first kappa shape index (κ1) is 7.47. The smallest absolute Gasteiger partial charge is 0.221 e. The third-order valence-electron chi connectivity index (χ3n) is 1.11. The lowest BCUT2D eigenvalue weighted by Gasteiger charge is -1.94. The molecule has 0 bridgehead atoms. The lowest BCUT2D eigenvalue weighted by Crippen LogP contribution is -1.99. The predicted molar refractivity (Wildman–Crippen MR) is 36.6 cm³/mol. The summed E-state index contributed by atoms with van der Waals surface area (Å²) < 4.78 is 1.58. The summed E-state index contributed by atoms with van der Waals surface area (Å²) in [5, 5.41) is 10.5. The van der Waals surface area contributed by atoms with Crippen LogP contribution in [0.5, 0.6) is 0 Å². The molecule has 1 rings (SSSR count). The molecule has 0 N–H and O–H groups in total. The first-order valence-electron chi connectivity index (χ1n) is 3.13. The van der Waals surface area contributed by atoms with Crippen LogP contribution in [0.25, 0.3) is 0 Å². The number of nitrogens with zero attached hydrogens (tertiary/aromatic N) is 4. The summed E-state index contributed by atoms with van der Waals surface area (Å²) in [6.07, 6.45) is 4.60. The van der Waals surface area contributed by atoms with Crippen molar-refractivity contribution in [3.05, 3.63) is 6.33 Å². The molecule has 0 saturated carbocycles. The minimum Gasteiger partial charge on any atom is -0.223 e. The van der Waals surface area contributed by atoms with Crippen molar-refractivity contribution in [1.82, 2.24) is 20.2 Å². The number of alkyl halides is 1. The Labute approximate surface area is 64.2 Å². The van der Waals surface area contributed by atoms with E-state index in [0.29, 0.717) is 5.88 Å². The Morgan fingerprint density at radius 2 is 2.30 bits per heavy atom. The zero-order chi connectivity index (χ0) is 7.23. The molecule has 0 aliphatic carbocycles. The van der Waals surface area contributed by atoms with E-state index in [0.717, 1.165) is 19.4 Å². The van der Waals surface area contributed by atoms with Gasteiger partial charge >= 0.3 is 0 Å². The predicted octanol–water partition coefficient (Wildman–Crippen LogP) is 0.492. The molecule has 0 unspecified atom stereocenters. The molecule has 10 heavy (non-hydrogen) atoms. The number of aromatic nitrogens is 4. The molecule has 5 heteroatoms. The number of hydrogen-bond donors (Lipinski definition) is 0. The van der Waals surface area contributed by atoms with Crippen molar-refractivity contribution in [3.8, 4) is 0 Å². The van der Waals surface area contributed by atoms with Crippen LogP contribution in [0.4, 0.5) is 0 Å². The van der Waals surface area contributed by atoms with Gasteiger partial charge in [0.1, 0.15) is 0 Å². The summed E-state index contributed by atoms with van der Waals surface area (Å²) in [4.78, 5) is 0. The third-order valence-corrected chi connectivity index (χ3v) is 1.37. The molecule has 1 radical (unpaired) electrons. The van der Waals surface area contributed by atoms with Crippen molar-refractivity contribution < 1.29 is 0 Å². The molecular weight excluding hydrogens is 152 g/mol. The first-order chi connectivity index (χ1) is 4.93. The Hall–Kier alpha value is -0.640. The molecular formula is C5H8ClN4. The fourth-order valence-electron chi connectivity index (χ4n) is 0.611. The Kier molecular flexibility index (Phi) is 3.15. The van der Waals surface area contributed by atoms with Gasteiger partial charge in [-0.05, 0) is 23.3 Å². The van der Waals surface area contributed by atoms with Gasteiger partial charge in [0.15, 0.2) is 0 Å². The van der Waals surface area contributed by atoms with Gasteiger partial charge in [-0.2, -0.15) is 0 Å². The zero-order valence-electron chi connectivity index (χ0n) is 5.50. The molecule has 0 fully saturated rings. The quantitative estimate of drug-likeness (QED) is 0.475. The Balaban J connectivity index is 2.15. The van der Waals surface area contributed by atoms with Crippen molar-refractivity contribution in [2.24, 2.45) is 0 Å². The minimum atomic E-state index is 0.697. The number of unbranched alkanes of at least 4 members (excludes halogenated alkanes) is 1. The molecule has 0 aliphatic rings. The molecule has 0 atom stereocenters.